The highest BCUT2D eigenvalue weighted by Crippen LogP contribution is 2.64. The van der Waals surface area contributed by atoms with E-state index in [1.165, 1.54) is 0 Å². The number of halogens is 5. The predicted molar refractivity (Wildman–Crippen MR) is 48.1 cm³/mol. The zero-order valence-corrected chi connectivity index (χ0v) is 8.61. The van der Waals surface area contributed by atoms with Gasteiger partial charge in [-0.25, -0.2) is 4.39 Å². The highest BCUT2D eigenvalue weighted by atomic mass is 19.3. The minimum atomic E-state index is -4.84. The van der Waals surface area contributed by atoms with Gasteiger partial charge in [-0.3, -0.25) is 4.79 Å². The molecule has 0 unspecified atom stereocenters. The fourth-order valence-electron chi connectivity index (χ4n) is 2.65. The second-order valence-corrected chi connectivity index (χ2v) is 4.45. The van der Waals surface area contributed by atoms with Gasteiger partial charge in [0, 0.05) is 11.1 Å². The Balaban J connectivity index is 2.48. The van der Waals surface area contributed by atoms with Crippen LogP contribution in [0.4, 0.5) is 22.0 Å². The molecule has 0 saturated heterocycles. The predicted octanol–water partition coefficient (Wildman–Crippen LogP) is 2.34. The SMILES string of the molecule is O=C1C[C@@]2(O)c3c(ccc(F)c31)C(F)(F)C2(F)F. The molecule has 0 heterocycles. The third-order valence-corrected chi connectivity index (χ3v) is 3.52. The fourth-order valence-corrected chi connectivity index (χ4v) is 2.65. The molecule has 0 aromatic heterocycles. The summed E-state index contributed by atoms with van der Waals surface area (Å²) in [6, 6.07) is 1.02. The van der Waals surface area contributed by atoms with Gasteiger partial charge in [0.15, 0.2) is 11.4 Å². The first-order valence-electron chi connectivity index (χ1n) is 4.99. The molecular formula is C11H5F5O2. The van der Waals surface area contributed by atoms with E-state index in [2.05, 4.69) is 0 Å². The molecule has 7 heteroatoms. The van der Waals surface area contributed by atoms with Gasteiger partial charge >= 0.3 is 11.8 Å². The van der Waals surface area contributed by atoms with E-state index in [0.717, 1.165) is 0 Å². The number of aliphatic hydroxyl groups is 1. The number of rotatable bonds is 0. The Labute approximate surface area is 97.0 Å². The van der Waals surface area contributed by atoms with Gasteiger partial charge in [0.2, 0.25) is 0 Å². The number of ketones is 1. The van der Waals surface area contributed by atoms with E-state index in [1.807, 2.05) is 0 Å². The molecular weight excluding hydrogens is 259 g/mol. The van der Waals surface area contributed by atoms with Crippen LogP contribution in [0.15, 0.2) is 12.1 Å². The molecule has 2 aliphatic rings. The normalized spacial score (nSPS) is 30.7. The van der Waals surface area contributed by atoms with E-state index in [0.29, 0.717) is 12.1 Å². The van der Waals surface area contributed by atoms with Crippen molar-refractivity contribution in [3.8, 4) is 0 Å². The van der Waals surface area contributed by atoms with Gasteiger partial charge in [0.05, 0.1) is 12.0 Å². The minimum absolute atomic E-state index is 0.485. The minimum Gasteiger partial charge on any atom is -0.378 e. The van der Waals surface area contributed by atoms with Crippen LogP contribution in [0.25, 0.3) is 0 Å². The number of carbonyl (C=O) groups excluding carboxylic acids is 1. The van der Waals surface area contributed by atoms with Crippen LogP contribution in [0.2, 0.25) is 0 Å². The topological polar surface area (TPSA) is 37.3 Å². The fraction of sp³-hybridized carbons (Fsp3) is 0.364. The van der Waals surface area contributed by atoms with Crippen molar-refractivity contribution < 1.29 is 31.9 Å². The second-order valence-electron chi connectivity index (χ2n) is 4.45. The average Bonchev–Trinajstić information content (AvgIpc) is 2.58. The van der Waals surface area contributed by atoms with Crippen molar-refractivity contribution >= 4 is 5.78 Å². The van der Waals surface area contributed by atoms with Crippen molar-refractivity contribution in [2.75, 3.05) is 0 Å². The van der Waals surface area contributed by atoms with E-state index in [9.17, 15) is 31.9 Å². The molecule has 0 spiro atoms. The van der Waals surface area contributed by atoms with Gasteiger partial charge < -0.3 is 5.11 Å². The molecule has 0 fully saturated rings. The van der Waals surface area contributed by atoms with E-state index in [4.69, 9.17) is 0 Å². The molecule has 18 heavy (non-hydrogen) atoms. The second kappa shape index (κ2) is 2.74. The maximum atomic E-state index is 13.6. The maximum absolute atomic E-state index is 13.6. The van der Waals surface area contributed by atoms with Crippen molar-refractivity contribution in [2.45, 2.75) is 23.9 Å². The van der Waals surface area contributed by atoms with Gasteiger partial charge in [0.1, 0.15) is 5.82 Å². The third-order valence-electron chi connectivity index (χ3n) is 3.52. The largest absolute Gasteiger partial charge is 0.378 e. The Kier molecular flexibility index (Phi) is 1.76. The van der Waals surface area contributed by atoms with Crippen molar-refractivity contribution in [1.82, 2.24) is 0 Å². The van der Waals surface area contributed by atoms with Gasteiger partial charge in [-0.05, 0) is 12.1 Å². The Morgan fingerprint density at radius 2 is 1.78 bits per heavy atom. The van der Waals surface area contributed by atoms with Crippen LogP contribution in [-0.4, -0.2) is 16.8 Å². The van der Waals surface area contributed by atoms with Gasteiger partial charge in [-0.2, -0.15) is 17.6 Å². The Morgan fingerprint density at radius 3 is 2.39 bits per heavy atom. The highest BCUT2D eigenvalue weighted by molar-refractivity contribution is 6.03. The summed E-state index contributed by atoms with van der Waals surface area (Å²) in [5, 5.41) is 9.75. The van der Waals surface area contributed by atoms with E-state index in [1.54, 1.807) is 0 Å². The van der Waals surface area contributed by atoms with Crippen LogP contribution in [0.3, 0.4) is 0 Å². The molecule has 1 aromatic carbocycles. The van der Waals surface area contributed by atoms with Crippen LogP contribution < -0.4 is 0 Å². The quantitative estimate of drug-likeness (QED) is 0.730. The van der Waals surface area contributed by atoms with Crippen molar-refractivity contribution in [3.63, 3.8) is 0 Å². The van der Waals surface area contributed by atoms with Gasteiger partial charge in [-0.15, -0.1) is 0 Å². The van der Waals surface area contributed by atoms with Crippen LogP contribution in [0, 0.1) is 5.82 Å². The summed E-state index contributed by atoms with van der Waals surface area (Å²) in [5.74, 6) is -11.7. The van der Waals surface area contributed by atoms with Crippen molar-refractivity contribution in [1.29, 1.82) is 0 Å². The summed E-state index contributed by atoms with van der Waals surface area (Å²) in [5.41, 5.74) is -6.33. The molecule has 1 atom stereocenters. The number of alkyl halides is 4. The molecule has 0 amide bonds. The average molecular weight is 264 g/mol. The zero-order chi connectivity index (χ0) is 13.5. The lowest BCUT2D eigenvalue weighted by molar-refractivity contribution is -0.283. The van der Waals surface area contributed by atoms with Crippen LogP contribution in [0.1, 0.15) is 27.9 Å². The Hall–Kier alpha value is -1.50. The maximum Gasteiger partial charge on any atom is 0.347 e. The van der Waals surface area contributed by atoms with Crippen molar-refractivity contribution in [3.05, 3.63) is 34.6 Å². The number of hydrogen-bond acceptors (Lipinski definition) is 2. The number of hydrogen-bond donors (Lipinski definition) is 1. The summed E-state index contributed by atoms with van der Waals surface area (Å²) in [6.45, 7) is 0. The zero-order valence-electron chi connectivity index (χ0n) is 8.61. The lowest BCUT2D eigenvalue weighted by Crippen LogP contribution is -2.48. The smallest absolute Gasteiger partial charge is 0.347 e. The van der Waals surface area contributed by atoms with Crippen LogP contribution in [-0.2, 0) is 11.5 Å². The summed E-state index contributed by atoms with van der Waals surface area (Å²) in [6.07, 6.45) is -1.24. The Morgan fingerprint density at radius 1 is 1.17 bits per heavy atom. The number of benzene rings is 1. The molecule has 1 aromatic rings. The number of Topliss-reactive ketones (excluding diaryl/α,β-unsaturated/α-hetero) is 1. The summed E-state index contributed by atoms with van der Waals surface area (Å²) < 4.78 is 67.7. The van der Waals surface area contributed by atoms with Crippen molar-refractivity contribution in [2.24, 2.45) is 0 Å². The molecule has 2 aliphatic carbocycles. The lowest BCUT2D eigenvalue weighted by atomic mass is 9.95. The first-order valence-corrected chi connectivity index (χ1v) is 4.99. The monoisotopic (exact) mass is 264 g/mol. The van der Waals surface area contributed by atoms with E-state index < -0.39 is 52.2 Å². The van der Waals surface area contributed by atoms with Gasteiger partial charge in [-0.1, -0.05) is 0 Å². The molecule has 2 nitrogen and oxygen atoms in total. The Bertz CT molecular complexity index is 595. The molecule has 0 aliphatic heterocycles. The molecule has 96 valence electrons. The number of carbonyl (C=O) groups is 1. The first-order chi connectivity index (χ1) is 8.14. The molecule has 0 saturated carbocycles. The first kappa shape index (κ1) is 11.6. The van der Waals surface area contributed by atoms with E-state index in [-0.39, 0.29) is 0 Å². The van der Waals surface area contributed by atoms with E-state index >= 15 is 0 Å². The molecule has 0 bridgehead atoms. The summed E-state index contributed by atoms with van der Waals surface area (Å²) >= 11 is 0. The summed E-state index contributed by atoms with van der Waals surface area (Å²) in [4.78, 5) is 11.4. The standard InChI is InChI=1S/C11H5F5O2/c12-5-2-1-4-8-7(5)6(17)3-9(8,18)11(15,16)10(4,13)14/h1-2,18H,3H2/t9-/m1/s1. The third kappa shape index (κ3) is 0.890. The lowest BCUT2D eigenvalue weighted by Gasteiger charge is -2.29. The van der Waals surface area contributed by atoms with Gasteiger partial charge in [0.25, 0.3) is 0 Å². The van der Waals surface area contributed by atoms with Crippen LogP contribution >= 0.6 is 0 Å². The molecule has 3 rings (SSSR count). The highest BCUT2D eigenvalue weighted by Gasteiger charge is 2.79. The molecule has 0 radical (unpaired) electrons. The van der Waals surface area contributed by atoms with Crippen LogP contribution in [0.5, 0.6) is 0 Å². The summed E-state index contributed by atoms with van der Waals surface area (Å²) in [7, 11) is 0. The molecule has 1 N–H and O–H groups in total.